The van der Waals surface area contributed by atoms with Gasteiger partial charge in [-0.2, -0.15) is 0 Å². The number of rotatable bonds is 8. The van der Waals surface area contributed by atoms with E-state index in [1.807, 2.05) is 30.3 Å². The number of nitrogens with zero attached hydrogens (tertiary/aromatic N) is 1. The summed E-state index contributed by atoms with van der Waals surface area (Å²) in [4.78, 5) is 14.8. The normalized spacial score (nSPS) is 14.7. The molecule has 1 fully saturated rings. The van der Waals surface area contributed by atoms with Crippen LogP contribution in [0.4, 0.5) is 0 Å². The molecule has 4 heteroatoms. The second-order valence-electron chi connectivity index (χ2n) is 7.24. The molecule has 2 aromatic carbocycles. The van der Waals surface area contributed by atoms with Gasteiger partial charge in [-0.15, -0.1) is 0 Å². The summed E-state index contributed by atoms with van der Waals surface area (Å²) in [5, 5.41) is 3.02. The number of methoxy groups -OCH3 is 1. The van der Waals surface area contributed by atoms with Crippen LogP contribution < -0.4 is 10.1 Å². The number of nitrogens with one attached hydrogen (secondary N) is 1. The fraction of sp³-hybridized carbons (Fsp3) is 0.435. The SMILES string of the molecule is COc1cccc(CCCNC(=O)c2ccc(CN3CCCCC3)cc2)c1. The number of carbonyl (C=O) groups is 1. The van der Waals surface area contributed by atoms with Crippen LogP contribution in [0.15, 0.2) is 48.5 Å². The van der Waals surface area contributed by atoms with Crippen molar-refractivity contribution in [1.82, 2.24) is 10.2 Å². The first-order valence-electron chi connectivity index (χ1n) is 9.97. The highest BCUT2D eigenvalue weighted by atomic mass is 16.5. The zero-order valence-corrected chi connectivity index (χ0v) is 16.2. The maximum absolute atomic E-state index is 12.3. The predicted molar refractivity (Wildman–Crippen MR) is 109 cm³/mol. The van der Waals surface area contributed by atoms with E-state index in [-0.39, 0.29) is 5.91 Å². The van der Waals surface area contributed by atoms with Gasteiger partial charge in [0.1, 0.15) is 5.75 Å². The maximum atomic E-state index is 12.3. The molecule has 3 rings (SSSR count). The minimum atomic E-state index is 0.00478. The summed E-state index contributed by atoms with van der Waals surface area (Å²) in [6.07, 6.45) is 5.79. The Hall–Kier alpha value is -2.33. The van der Waals surface area contributed by atoms with Crippen molar-refractivity contribution in [2.24, 2.45) is 0 Å². The zero-order chi connectivity index (χ0) is 18.9. The van der Waals surface area contributed by atoms with Gasteiger partial charge in [0.15, 0.2) is 0 Å². The second kappa shape index (κ2) is 10.1. The number of aryl methyl sites for hydroxylation is 1. The first kappa shape index (κ1) is 19.4. The molecule has 2 aromatic rings. The van der Waals surface area contributed by atoms with E-state index >= 15 is 0 Å². The molecule has 27 heavy (non-hydrogen) atoms. The minimum absolute atomic E-state index is 0.00478. The van der Waals surface area contributed by atoms with E-state index in [1.165, 1.54) is 43.5 Å². The van der Waals surface area contributed by atoms with Gasteiger partial charge < -0.3 is 10.1 Å². The van der Waals surface area contributed by atoms with E-state index in [2.05, 4.69) is 28.4 Å². The van der Waals surface area contributed by atoms with Gasteiger partial charge in [-0.3, -0.25) is 9.69 Å². The molecule has 0 spiro atoms. The molecule has 1 saturated heterocycles. The van der Waals surface area contributed by atoms with Crippen molar-refractivity contribution in [2.45, 2.75) is 38.6 Å². The smallest absolute Gasteiger partial charge is 0.251 e. The molecule has 0 unspecified atom stereocenters. The summed E-state index contributed by atoms with van der Waals surface area (Å²) in [5.41, 5.74) is 3.25. The fourth-order valence-corrected chi connectivity index (χ4v) is 3.56. The Morgan fingerprint density at radius 1 is 1.04 bits per heavy atom. The molecule has 144 valence electrons. The number of piperidine rings is 1. The van der Waals surface area contributed by atoms with E-state index in [9.17, 15) is 4.79 Å². The van der Waals surface area contributed by atoms with Gasteiger partial charge in [-0.1, -0.05) is 30.7 Å². The third kappa shape index (κ3) is 6.10. The van der Waals surface area contributed by atoms with Gasteiger partial charge in [0.05, 0.1) is 7.11 Å². The monoisotopic (exact) mass is 366 g/mol. The molecule has 0 bridgehead atoms. The largest absolute Gasteiger partial charge is 0.497 e. The summed E-state index contributed by atoms with van der Waals surface area (Å²) in [7, 11) is 1.68. The van der Waals surface area contributed by atoms with Gasteiger partial charge in [0, 0.05) is 18.7 Å². The van der Waals surface area contributed by atoms with E-state index in [4.69, 9.17) is 4.74 Å². The zero-order valence-electron chi connectivity index (χ0n) is 16.2. The lowest BCUT2D eigenvalue weighted by Crippen LogP contribution is -2.29. The van der Waals surface area contributed by atoms with Crippen molar-refractivity contribution < 1.29 is 9.53 Å². The van der Waals surface area contributed by atoms with Gasteiger partial charge >= 0.3 is 0 Å². The Balaban J connectivity index is 1.41. The standard InChI is InChI=1S/C23H30N2O2/c1-27-22-9-5-7-19(17-22)8-6-14-24-23(26)21-12-10-20(11-13-21)18-25-15-3-2-4-16-25/h5,7,9-13,17H,2-4,6,8,14-16,18H2,1H3,(H,24,26). The highest BCUT2D eigenvalue weighted by Crippen LogP contribution is 2.15. The Morgan fingerprint density at radius 2 is 1.81 bits per heavy atom. The summed E-state index contributed by atoms with van der Waals surface area (Å²) in [5.74, 6) is 0.881. The predicted octanol–water partition coefficient (Wildman–Crippen LogP) is 4.04. The molecule has 1 aliphatic heterocycles. The molecular weight excluding hydrogens is 336 g/mol. The fourth-order valence-electron chi connectivity index (χ4n) is 3.56. The molecule has 0 radical (unpaired) electrons. The summed E-state index contributed by atoms with van der Waals surface area (Å²) in [6.45, 7) is 4.04. The van der Waals surface area contributed by atoms with Crippen molar-refractivity contribution in [1.29, 1.82) is 0 Å². The van der Waals surface area contributed by atoms with Crippen molar-refractivity contribution in [3.05, 3.63) is 65.2 Å². The van der Waals surface area contributed by atoms with E-state index in [0.717, 1.165) is 30.7 Å². The first-order valence-corrected chi connectivity index (χ1v) is 9.97. The highest BCUT2D eigenvalue weighted by molar-refractivity contribution is 5.94. The van der Waals surface area contributed by atoms with Crippen LogP contribution in [0, 0.1) is 0 Å². The van der Waals surface area contributed by atoms with E-state index in [1.54, 1.807) is 7.11 Å². The van der Waals surface area contributed by atoms with Gasteiger partial charge in [0.2, 0.25) is 0 Å². The Morgan fingerprint density at radius 3 is 2.56 bits per heavy atom. The van der Waals surface area contributed by atoms with E-state index in [0.29, 0.717) is 6.54 Å². The van der Waals surface area contributed by atoms with Gasteiger partial charge in [-0.05, 0) is 74.2 Å². The van der Waals surface area contributed by atoms with Crippen molar-refractivity contribution in [3.63, 3.8) is 0 Å². The Kier molecular flexibility index (Phi) is 7.28. The summed E-state index contributed by atoms with van der Waals surface area (Å²) in [6, 6.07) is 16.1. The minimum Gasteiger partial charge on any atom is -0.497 e. The average molecular weight is 367 g/mol. The molecule has 1 aliphatic rings. The van der Waals surface area contributed by atoms with Crippen molar-refractivity contribution in [3.8, 4) is 5.75 Å². The van der Waals surface area contributed by atoms with Gasteiger partial charge in [-0.25, -0.2) is 0 Å². The number of amides is 1. The number of hydrogen-bond donors (Lipinski definition) is 1. The summed E-state index contributed by atoms with van der Waals surface area (Å²) < 4.78 is 5.24. The number of benzene rings is 2. The van der Waals surface area contributed by atoms with Crippen LogP contribution in [-0.2, 0) is 13.0 Å². The molecule has 1 amide bonds. The molecule has 0 atom stereocenters. The quantitative estimate of drug-likeness (QED) is 0.717. The van der Waals surface area contributed by atoms with Crippen LogP contribution in [0.2, 0.25) is 0 Å². The molecule has 0 aliphatic carbocycles. The second-order valence-corrected chi connectivity index (χ2v) is 7.24. The first-order chi connectivity index (χ1) is 13.2. The lowest BCUT2D eigenvalue weighted by Gasteiger charge is -2.26. The number of likely N-dealkylation sites (tertiary alicyclic amines) is 1. The number of carbonyl (C=O) groups excluding carboxylic acids is 1. The summed E-state index contributed by atoms with van der Waals surface area (Å²) >= 11 is 0. The van der Waals surface area contributed by atoms with Crippen molar-refractivity contribution >= 4 is 5.91 Å². The van der Waals surface area contributed by atoms with Crippen LogP contribution in [0.5, 0.6) is 5.75 Å². The number of hydrogen-bond acceptors (Lipinski definition) is 3. The molecule has 1 heterocycles. The molecule has 4 nitrogen and oxygen atoms in total. The molecule has 1 N–H and O–H groups in total. The van der Waals surface area contributed by atoms with Crippen LogP contribution in [0.3, 0.4) is 0 Å². The Labute approximate surface area is 162 Å². The average Bonchev–Trinajstić information content (AvgIpc) is 2.72. The van der Waals surface area contributed by atoms with Crippen LogP contribution in [-0.4, -0.2) is 37.6 Å². The molecule has 0 aromatic heterocycles. The van der Waals surface area contributed by atoms with Crippen LogP contribution in [0.1, 0.15) is 47.2 Å². The maximum Gasteiger partial charge on any atom is 0.251 e. The Bertz CT molecular complexity index is 721. The highest BCUT2D eigenvalue weighted by Gasteiger charge is 2.11. The van der Waals surface area contributed by atoms with Crippen LogP contribution >= 0.6 is 0 Å². The van der Waals surface area contributed by atoms with Crippen molar-refractivity contribution in [2.75, 3.05) is 26.7 Å². The van der Waals surface area contributed by atoms with E-state index < -0.39 is 0 Å². The van der Waals surface area contributed by atoms with Crippen LogP contribution in [0.25, 0.3) is 0 Å². The third-order valence-corrected chi connectivity index (χ3v) is 5.13. The lowest BCUT2D eigenvalue weighted by molar-refractivity contribution is 0.0953. The molecule has 0 saturated carbocycles. The third-order valence-electron chi connectivity index (χ3n) is 5.13. The lowest BCUT2D eigenvalue weighted by atomic mass is 10.1. The topological polar surface area (TPSA) is 41.6 Å². The van der Waals surface area contributed by atoms with Gasteiger partial charge in [0.25, 0.3) is 5.91 Å². The molecular formula is C23H30N2O2. The number of ether oxygens (including phenoxy) is 1.